The summed E-state index contributed by atoms with van der Waals surface area (Å²) < 4.78 is 10.4. The number of hydrogen-bond acceptors (Lipinski definition) is 5. The molecule has 2 aromatic carbocycles. The molecule has 140 valence electrons. The van der Waals surface area contributed by atoms with Crippen molar-refractivity contribution in [1.29, 1.82) is 0 Å². The van der Waals surface area contributed by atoms with E-state index in [0.29, 0.717) is 27.2 Å². The summed E-state index contributed by atoms with van der Waals surface area (Å²) in [5.74, 6) is 0.467. The quantitative estimate of drug-likeness (QED) is 0.608. The Bertz CT molecular complexity index is 954. The fraction of sp³-hybridized carbons (Fsp3) is 0.200. The van der Waals surface area contributed by atoms with E-state index in [0.717, 1.165) is 17.7 Å². The van der Waals surface area contributed by atoms with Gasteiger partial charge in [-0.1, -0.05) is 42.8 Å². The summed E-state index contributed by atoms with van der Waals surface area (Å²) in [6.07, 6.45) is 0.993. The Morgan fingerprint density at radius 1 is 1.19 bits per heavy atom. The molecule has 0 atom stereocenters. The number of carbonyl (C=O) groups is 1. The van der Waals surface area contributed by atoms with Crippen LogP contribution in [0.25, 0.3) is 11.3 Å². The number of nitrogens with zero attached hydrogens (tertiary/aromatic N) is 1. The molecule has 1 aromatic heterocycles. The van der Waals surface area contributed by atoms with E-state index < -0.39 is 0 Å². The van der Waals surface area contributed by atoms with Gasteiger partial charge < -0.3 is 9.47 Å². The fourth-order valence-corrected chi connectivity index (χ4v) is 3.60. The minimum atomic E-state index is -0.319. The van der Waals surface area contributed by atoms with Crippen LogP contribution in [0, 0.1) is 0 Å². The number of methoxy groups -OCH3 is 2. The monoisotopic (exact) mass is 402 g/mol. The highest BCUT2D eigenvalue weighted by Gasteiger charge is 2.16. The van der Waals surface area contributed by atoms with E-state index in [1.165, 1.54) is 37.2 Å². The molecule has 27 heavy (non-hydrogen) atoms. The van der Waals surface area contributed by atoms with Gasteiger partial charge >= 0.3 is 0 Å². The van der Waals surface area contributed by atoms with E-state index in [9.17, 15) is 4.79 Å². The standard InChI is InChI=1S/C20H19ClN2O3S/c1-4-12-5-7-13(8-6-12)16-11-27-20(22-16)23-19(24)14-9-15(21)18(26-3)17(10-14)25-2/h5-11H,4H2,1-3H3,(H,22,23,24). The van der Waals surface area contributed by atoms with E-state index in [4.69, 9.17) is 21.1 Å². The van der Waals surface area contributed by atoms with Crippen LogP contribution in [-0.2, 0) is 6.42 Å². The highest BCUT2D eigenvalue weighted by Crippen LogP contribution is 2.36. The van der Waals surface area contributed by atoms with Gasteiger partial charge in [0.25, 0.3) is 5.91 Å². The lowest BCUT2D eigenvalue weighted by molar-refractivity contribution is 0.102. The van der Waals surface area contributed by atoms with Crippen LogP contribution >= 0.6 is 22.9 Å². The summed E-state index contributed by atoms with van der Waals surface area (Å²) in [6.45, 7) is 2.12. The molecule has 0 saturated carbocycles. The van der Waals surface area contributed by atoms with Crippen LogP contribution in [0.4, 0.5) is 5.13 Å². The molecular weight excluding hydrogens is 384 g/mol. The maximum Gasteiger partial charge on any atom is 0.257 e. The number of nitrogens with one attached hydrogen (secondary N) is 1. The lowest BCUT2D eigenvalue weighted by Crippen LogP contribution is -2.12. The lowest BCUT2D eigenvalue weighted by Gasteiger charge is -2.11. The number of anilines is 1. The second-order valence-electron chi connectivity index (χ2n) is 5.74. The van der Waals surface area contributed by atoms with E-state index in [1.54, 1.807) is 6.07 Å². The third-order valence-corrected chi connectivity index (χ3v) is 5.12. The first-order chi connectivity index (χ1) is 13.0. The van der Waals surface area contributed by atoms with Gasteiger partial charge in [-0.2, -0.15) is 0 Å². The highest BCUT2D eigenvalue weighted by molar-refractivity contribution is 7.14. The summed E-state index contributed by atoms with van der Waals surface area (Å²) in [4.78, 5) is 17.1. The number of aromatic nitrogens is 1. The molecule has 0 aliphatic carbocycles. The molecule has 0 spiro atoms. The molecule has 1 amide bonds. The van der Waals surface area contributed by atoms with Gasteiger partial charge in [-0.15, -0.1) is 11.3 Å². The highest BCUT2D eigenvalue weighted by atomic mass is 35.5. The molecular formula is C20H19ClN2O3S. The molecule has 7 heteroatoms. The predicted octanol–water partition coefficient (Wildman–Crippen LogP) is 5.30. The predicted molar refractivity (Wildman–Crippen MR) is 109 cm³/mol. The molecule has 0 radical (unpaired) electrons. The fourth-order valence-electron chi connectivity index (χ4n) is 2.59. The van der Waals surface area contributed by atoms with E-state index >= 15 is 0 Å². The zero-order valence-electron chi connectivity index (χ0n) is 15.2. The van der Waals surface area contributed by atoms with Crippen molar-refractivity contribution in [1.82, 2.24) is 4.98 Å². The summed E-state index contributed by atoms with van der Waals surface area (Å²) in [7, 11) is 2.99. The van der Waals surface area contributed by atoms with Crippen LogP contribution in [0.3, 0.4) is 0 Å². The smallest absolute Gasteiger partial charge is 0.257 e. The molecule has 1 heterocycles. The number of benzene rings is 2. The van der Waals surface area contributed by atoms with Gasteiger partial charge in [0, 0.05) is 16.5 Å². The van der Waals surface area contributed by atoms with Gasteiger partial charge in [0.05, 0.1) is 24.9 Å². The minimum Gasteiger partial charge on any atom is -0.493 e. The van der Waals surface area contributed by atoms with Crippen LogP contribution in [0.5, 0.6) is 11.5 Å². The summed E-state index contributed by atoms with van der Waals surface area (Å²) in [6, 6.07) is 11.4. The average molecular weight is 403 g/mol. The van der Waals surface area contributed by atoms with Crippen LogP contribution in [0.2, 0.25) is 5.02 Å². The van der Waals surface area contributed by atoms with Gasteiger partial charge in [0.2, 0.25) is 0 Å². The molecule has 0 aliphatic rings. The van der Waals surface area contributed by atoms with Crippen LogP contribution in [0.15, 0.2) is 41.8 Å². The van der Waals surface area contributed by atoms with Gasteiger partial charge in [-0.3, -0.25) is 10.1 Å². The van der Waals surface area contributed by atoms with Gasteiger partial charge in [0.1, 0.15) is 0 Å². The van der Waals surface area contributed by atoms with Crippen molar-refractivity contribution in [3.8, 4) is 22.8 Å². The number of amides is 1. The number of carbonyl (C=O) groups excluding carboxylic acids is 1. The first kappa shape index (κ1) is 19.2. The Morgan fingerprint density at radius 3 is 2.56 bits per heavy atom. The third-order valence-electron chi connectivity index (χ3n) is 4.08. The zero-order chi connectivity index (χ0) is 19.4. The molecule has 1 N–H and O–H groups in total. The third kappa shape index (κ3) is 4.23. The summed E-state index contributed by atoms with van der Waals surface area (Å²) >= 11 is 7.54. The first-order valence-corrected chi connectivity index (χ1v) is 9.59. The summed E-state index contributed by atoms with van der Waals surface area (Å²) in [5.41, 5.74) is 3.47. The van der Waals surface area contributed by atoms with Gasteiger partial charge in [-0.05, 0) is 24.1 Å². The Labute approximate surface area is 166 Å². The average Bonchev–Trinajstić information content (AvgIpc) is 3.15. The summed E-state index contributed by atoms with van der Waals surface area (Å²) in [5, 5.41) is 5.53. The molecule has 0 aliphatic heterocycles. The van der Waals surface area contributed by atoms with Crippen molar-refractivity contribution in [2.75, 3.05) is 19.5 Å². The van der Waals surface area contributed by atoms with Crippen LogP contribution in [0.1, 0.15) is 22.8 Å². The van der Waals surface area contributed by atoms with Gasteiger partial charge in [0.15, 0.2) is 16.6 Å². The topological polar surface area (TPSA) is 60.5 Å². The number of thiazole rings is 1. The SMILES string of the molecule is CCc1ccc(-c2csc(NC(=O)c3cc(Cl)c(OC)c(OC)c3)n2)cc1. The molecule has 3 rings (SSSR count). The molecule has 5 nitrogen and oxygen atoms in total. The normalized spacial score (nSPS) is 10.5. The van der Waals surface area contributed by atoms with Crippen LogP contribution in [-0.4, -0.2) is 25.1 Å². The van der Waals surface area contributed by atoms with Crippen molar-refractivity contribution < 1.29 is 14.3 Å². The second-order valence-corrected chi connectivity index (χ2v) is 7.00. The number of hydrogen-bond donors (Lipinski definition) is 1. The number of rotatable bonds is 6. The van der Waals surface area contributed by atoms with Crippen molar-refractivity contribution >= 4 is 34.0 Å². The Balaban J connectivity index is 1.79. The number of halogens is 1. The Kier molecular flexibility index (Phi) is 5.98. The molecule has 0 fully saturated rings. The molecule has 3 aromatic rings. The largest absolute Gasteiger partial charge is 0.493 e. The van der Waals surface area contributed by atoms with Crippen molar-refractivity contribution in [2.24, 2.45) is 0 Å². The Morgan fingerprint density at radius 2 is 1.93 bits per heavy atom. The zero-order valence-corrected chi connectivity index (χ0v) is 16.8. The van der Waals surface area contributed by atoms with E-state index in [2.05, 4.69) is 29.4 Å². The minimum absolute atomic E-state index is 0.304. The molecule has 0 unspecified atom stereocenters. The first-order valence-electron chi connectivity index (χ1n) is 8.33. The lowest BCUT2D eigenvalue weighted by atomic mass is 10.1. The second kappa shape index (κ2) is 8.41. The maximum atomic E-state index is 12.6. The van der Waals surface area contributed by atoms with Crippen molar-refractivity contribution in [2.45, 2.75) is 13.3 Å². The van der Waals surface area contributed by atoms with Crippen molar-refractivity contribution in [3.63, 3.8) is 0 Å². The van der Waals surface area contributed by atoms with Gasteiger partial charge in [-0.25, -0.2) is 4.98 Å². The Hall–Kier alpha value is -2.57. The van der Waals surface area contributed by atoms with E-state index in [-0.39, 0.29) is 5.91 Å². The van der Waals surface area contributed by atoms with Crippen molar-refractivity contribution in [3.05, 3.63) is 57.9 Å². The molecule has 0 bridgehead atoms. The molecule has 0 saturated heterocycles. The van der Waals surface area contributed by atoms with E-state index in [1.807, 2.05) is 17.5 Å². The number of ether oxygens (including phenoxy) is 2. The van der Waals surface area contributed by atoms with Crippen LogP contribution < -0.4 is 14.8 Å². The number of aryl methyl sites for hydroxylation is 1. The maximum absolute atomic E-state index is 12.6.